The predicted molar refractivity (Wildman–Crippen MR) is 182 cm³/mol. The SMILES string of the molecule is C=CC1C[C@]1(NC(=O)[C@@H]1C[C@@H](OC(=O)Nc2cc(Cl)ccc2C)CN1C(=O)[C@@H](NC(=O)OC(C)(C)C)C(C)(C)C)C(=O)NS(=O)(=O)C1CC1. The van der Waals surface area contributed by atoms with E-state index in [1.165, 1.54) is 11.0 Å². The van der Waals surface area contributed by atoms with Gasteiger partial charge in [-0.25, -0.2) is 18.0 Å². The summed E-state index contributed by atoms with van der Waals surface area (Å²) < 4.78 is 38.3. The van der Waals surface area contributed by atoms with Gasteiger partial charge in [-0.2, -0.15) is 0 Å². The van der Waals surface area contributed by atoms with Gasteiger partial charge in [0.15, 0.2) is 0 Å². The molecule has 5 atom stereocenters. The first kappa shape index (κ1) is 38.0. The summed E-state index contributed by atoms with van der Waals surface area (Å²) in [5, 5.41) is 7.67. The van der Waals surface area contributed by atoms with Crippen LogP contribution in [0.5, 0.6) is 0 Å². The quantitative estimate of drug-likeness (QED) is 0.261. The van der Waals surface area contributed by atoms with Crippen LogP contribution >= 0.6 is 11.6 Å². The Balaban J connectivity index is 1.59. The van der Waals surface area contributed by atoms with Crippen LogP contribution in [0.15, 0.2) is 30.9 Å². The molecular weight excluding hydrogens is 678 g/mol. The van der Waals surface area contributed by atoms with E-state index in [0.29, 0.717) is 23.6 Å². The van der Waals surface area contributed by atoms with Gasteiger partial charge in [0.05, 0.1) is 11.8 Å². The number of rotatable bonds is 10. The second-order valence-corrected chi connectivity index (χ2v) is 17.4. The molecule has 1 aromatic rings. The second-order valence-electron chi connectivity index (χ2n) is 15.0. The number of nitrogens with one attached hydrogen (secondary N) is 4. The number of nitrogens with zero attached hydrogens (tertiary/aromatic N) is 1. The molecule has 0 aromatic heterocycles. The van der Waals surface area contributed by atoms with Gasteiger partial charge in [-0.3, -0.25) is 24.4 Å². The van der Waals surface area contributed by atoms with Crippen LogP contribution in [0.1, 0.15) is 72.8 Å². The lowest BCUT2D eigenvalue weighted by atomic mass is 9.85. The normalized spacial score (nSPS) is 24.2. The minimum atomic E-state index is -3.92. The largest absolute Gasteiger partial charge is 0.444 e. The first-order valence-corrected chi connectivity index (χ1v) is 18.0. The molecule has 0 spiro atoms. The molecule has 1 heterocycles. The van der Waals surface area contributed by atoms with Crippen LogP contribution in [-0.2, 0) is 33.9 Å². The number of anilines is 1. The maximum atomic E-state index is 14.2. The van der Waals surface area contributed by atoms with E-state index >= 15 is 0 Å². The summed E-state index contributed by atoms with van der Waals surface area (Å²) in [7, 11) is -3.92. The fourth-order valence-electron chi connectivity index (χ4n) is 5.65. The van der Waals surface area contributed by atoms with E-state index in [9.17, 15) is 32.4 Å². The van der Waals surface area contributed by atoms with Crippen molar-refractivity contribution in [3.63, 3.8) is 0 Å². The van der Waals surface area contributed by atoms with Crippen molar-refractivity contribution in [2.75, 3.05) is 11.9 Å². The summed E-state index contributed by atoms with van der Waals surface area (Å²) in [6.07, 6.45) is -0.400. The highest BCUT2D eigenvalue weighted by Gasteiger charge is 2.62. The highest BCUT2D eigenvalue weighted by atomic mass is 35.5. The van der Waals surface area contributed by atoms with Gasteiger partial charge in [0.2, 0.25) is 21.8 Å². The lowest BCUT2D eigenvalue weighted by molar-refractivity contribution is -0.143. The molecule has 0 radical (unpaired) electrons. The molecule has 4 rings (SSSR count). The summed E-state index contributed by atoms with van der Waals surface area (Å²) in [5.41, 5.74) is -2.19. The Labute approximate surface area is 292 Å². The van der Waals surface area contributed by atoms with Gasteiger partial charge >= 0.3 is 12.2 Å². The molecule has 14 nitrogen and oxygen atoms in total. The average molecular weight is 724 g/mol. The number of ether oxygens (including phenoxy) is 2. The number of halogens is 1. The van der Waals surface area contributed by atoms with Crippen LogP contribution in [0.2, 0.25) is 5.02 Å². The zero-order valence-corrected chi connectivity index (χ0v) is 30.4. The number of benzene rings is 1. The molecule has 49 heavy (non-hydrogen) atoms. The van der Waals surface area contributed by atoms with Gasteiger partial charge in [-0.05, 0) is 70.1 Å². The molecule has 3 fully saturated rings. The zero-order valence-electron chi connectivity index (χ0n) is 28.8. The highest BCUT2D eigenvalue weighted by molar-refractivity contribution is 7.91. The Hall–Kier alpha value is -3.85. The fraction of sp³-hybridized carbons (Fsp3) is 0.606. The van der Waals surface area contributed by atoms with Crippen molar-refractivity contribution in [3.8, 4) is 0 Å². The van der Waals surface area contributed by atoms with Gasteiger partial charge in [0.25, 0.3) is 5.91 Å². The summed E-state index contributed by atoms with van der Waals surface area (Å²) in [6.45, 7) is 15.5. The molecule has 1 unspecified atom stereocenters. The van der Waals surface area contributed by atoms with E-state index in [2.05, 4.69) is 27.3 Å². The topological polar surface area (TPSA) is 189 Å². The Morgan fingerprint density at radius 1 is 1.08 bits per heavy atom. The van der Waals surface area contributed by atoms with Crippen LogP contribution in [0.4, 0.5) is 15.3 Å². The van der Waals surface area contributed by atoms with Crippen molar-refractivity contribution >= 4 is 57.2 Å². The zero-order chi connectivity index (χ0) is 36.7. The molecule has 3 aliphatic rings. The molecule has 4 N–H and O–H groups in total. The number of carbonyl (C=O) groups is 5. The van der Waals surface area contributed by atoms with Crippen molar-refractivity contribution < 1.29 is 41.9 Å². The molecule has 2 aliphatic carbocycles. The third-order valence-corrected chi connectivity index (χ3v) is 10.6. The van der Waals surface area contributed by atoms with Crippen LogP contribution in [0.25, 0.3) is 0 Å². The van der Waals surface area contributed by atoms with Crippen LogP contribution in [0, 0.1) is 18.3 Å². The lowest BCUT2D eigenvalue weighted by Crippen LogP contribution is -2.60. The second kappa shape index (κ2) is 13.8. The lowest BCUT2D eigenvalue weighted by Gasteiger charge is -2.36. The predicted octanol–water partition coefficient (Wildman–Crippen LogP) is 3.78. The molecule has 1 aromatic carbocycles. The first-order valence-electron chi connectivity index (χ1n) is 16.1. The van der Waals surface area contributed by atoms with E-state index in [0.717, 1.165) is 5.56 Å². The Morgan fingerprint density at radius 3 is 2.29 bits per heavy atom. The number of hydrogen-bond acceptors (Lipinski definition) is 9. The maximum Gasteiger partial charge on any atom is 0.411 e. The molecule has 2 saturated carbocycles. The summed E-state index contributed by atoms with van der Waals surface area (Å²) in [4.78, 5) is 68.6. The fourth-order valence-corrected chi connectivity index (χ4v) is 7.19. The number of amides is 5. The summed E-state index contributed by atoms with van der Waals surface area (Å²) in [6, 6.07) is 2.49. The number of hydrogen-bond donors (Lipinski definition) is 4. The summed E-state index contributed by atoms with van der Waals surface area (Å²) >= 11 is 6.08. The van der Waals surface area contributed by atoms with Gasteiger partial charge in [0, 0.05) is 23.0 Å². The monoisotopic (exact) mass is 723 g/mol. The number of aryl methyl sites for hydroxylation is 1. The molecule has 0 bridgehead atoms. The molecule has 16 heteroatoms. The number of carbonyl (C=O) groups excluding carboxylic acids is 5. The van der Waals surface area contributed by atoms with Gasteiger partial charge in [0.1, 0.15) is 29.3 Å². The molecular formula is C33H46ClN5O9S. The third-order valence-electron chi connectivity index (χ3n) is 8.58. The molecule has 5 amide bonds. The molecule has 270 valence electrons. The Kier molecular flexibility index (Phi) is 10.7. The average Bonchev–Trinajstić information content (AvgIpc) is 3.89. The van der Waals surface area contributed by atoms with E-state index in [4.69, 9.17) is 21.1 Å². The number of alkyl carbamates (subject to hydrolysis) is 1. The molecule has 1 aliphatic heterocycles. The number of likely N-dealkylation sites (tertiary alicyclic amines) is 1. The van der Waals surface area contributed by atoms with Crippen LogP contribution in [-0.4, -0.2) is 84.3 Å². The van der Waals surface area contributed by atoms with Crippen LogP contribution in [0.3, 0.4) is 0 Å². The van der Waals surface area contributed by atoms with E-state index < -0.39 is 85.8 Å². The van der Waals surface area contributed by atoms with E-state index in [1.807, 2.05) is 0 Å². The standard InChI is InChI=1S/C33H46ClN5O9S/c1-9-19-16-33(19,28(42)38-49(45,46)22-12-13-22)37-26(40)24-15-21(47-29(43)35-23-14-20(34)11-10-18(23)2)17-39(24)27(41)25(31(3,4)5)36-30(44)48-32(6,7)8/h9-11,14,19,21-22,24-25H,1,12-13,15-17H2,2-8H3,(H,35,43)(H,36,44)(H,37,40)(H,38,42)/t19?,21-,24+,25-,33-/m1/s1. The van der Waals surface area contributed by atoms with Gasteiger partial charge in [-0.1, -0.05) is 44.5 Å². The van der Waals surface area contributed by atoms with Gasteiger partial charge < -0.3 is 25.0 Å². The van der Waals surface area contributed by atoms with Crippen molar-refractivity contribution in [1.29, 1.82) is 0 Å². The van der Waals surface area contributed by atoms with Crippen molar-refractivity contribution in [1.82, 2.24) is 20.3 Å². The van der Waals surface area contributed by atoms with Gasteiger partial charge in [-0.15, -0.1) is 6.58 Å². The third kappa shape index (κ3) is 9.24. The summed E-state index contributed by atoms with van der Waals surface area (Å²) in [5.74, 6) is -2.87. The minimum absolute atomic E-state index is 0.0983. The van der Waals surface area contributed by atoms with Crippen molar-refractivity contribution in [3.05, 3.63) is 41.4 Å². The molecule has 1 saturated heterocycles. The first-order chi connectivity index (χ1) is 22.6. The van der Waals surface area contributed by atoms with Crippen molar-refractivity contribution in [2.45, 2.75) is 109 Å². The number of sulfonamides is 1. The van der Waals surface area contributed by atoms with E-state index in [1.54, 1.807) is 66.7 Å². The van der Waals surface area contributed by atoms with E-state index in [-0.39, 0.29) is 19.4 Å². The Morgan fingerprint density at radius 2 is 1.73 bits per heavy atom. The highest BCUT2D eigenvalue weighted by Crippen LogP contribution is 2.45. The maximum absolute atomic E-state index is 14.2. The van der Waals surface area contributed by atoms with Crippen molar-refractivity contribution in [2.24, 2.45) is 11.3 Å². The minimum Gasteiger partial charge on any atom is -0.444 e. The van der Waals surface area contributed by atoms with Crippen LogP contribution < -0.4 is 20.7 Å². The smallest absolute Gasteiger partial charge is 0.411 e. The Bertz CT molecular complexity index is 1630.